The SMILES string of the molecule is CCn1cc(NC(C)c2ccc(Br)cc2Br)ccc1=O. The summed E-state index contributed by atoms with van der Waals surface area (Å²) in [5, 5.41) is 3.42. The van der Waals surface area contributed by atoms with E-state index in [0.717, 1.165) is 14.6 Å². The summed E-state index contributed by atoms with van der Waals surface area (Å²) in [7, 11) is 0. The summed E-state index contributed by atoms with van der Waals surface area (Å²) in [6, 6.07) is 9.67. The highest BCUT2D eigenvalue weighted by Gasteiger charge is 2.10. The Morgan fingerprint density at radius 2 is 2.00 bits per heavy atom. The van der Waals surface area contributed by atoms with Gasteiger partial charge in [-0.1, -0.05) is 37.9 Å². The molecule has 0 fully saturated rings. The Hall–Kier alpha value is -1.07. The van der Waals surface area contributed by atoms with Crippen LogP contribution < -0.4 is 10.9 Å². The minimum Gasteiger partial charge on any atom is -0.377 e. The first-order chi connectivity index (χ1) is 9.51. The molecule has 0 saturated heterocycles. The van der Waals surface area contributed by atoms with Crippen molar-refractivity contribution in [3.63, 3.8) is 0 Å². The van der Waals surface area contributed by atoms with E-state index in [9.17, 15) is 4.79 Å². The molecule has 1 N–H and O–H groups in total. The van der Waals surface area contributed by atoms with Gasteiger partial charge in [-0.3, -0.25) is 4.79 Å². The number of aryl methyl sites for hydroxylation is 1. The Labute approximate surface area is 135 Å². The fraction of sp³-hybridized carbons (Fsp3) is 0.267. The Morgan fingerprint density at radius 1 is 1.25 bits per heavy atom. The standard InChI is InChI=1S/C15H16Br2N2O/c1-3-19-9-12(5-7-15(19)20)18-10(2)13-6-4-11(16)8-14(13)17/h4-10,18H,3H2,1-2H3. The number of nitrogens with zero attached hydrogens (tertiary/aromatic N) is 1. The van der Waals surface area contributed by atoms with Crippen molar-refractivity contribution in [3.8, 4) is 0 Å². The summed E-state index contributed by atoms with van der Waals surface area (Å²) in [5.41, 5.74) is 2.13. The topological polar surface area (TPSA) is 34.0 Å². The normalized spacial score (nSPS) is 12.2. The maximum atomic E-state index is 11.6. The molecule has 1 aromatic carbocycles. The third-order valence-corrected chi connectivity index (χ3v) is 4.32. The Bertz CT molecular complexity index is 667. The number of nitrogens with one attached hydrogen (secondary N) is 1. The van der Waals surface area contributed by atoms with E-state index in [1.165, 1.54) is 5.56 Å². The molecule has 0 saturated carbocycles. The lowest BCUT2D eigenvalue weighted by molar-refractivity contribution is 0.725. The number of aromatic nitrogens is 1. The Balaban J connectivity index is 2.23. The summed E-state index contributed by atoms with van der Waals surface area (Å²) in [6.45, 7) is 4.72. The summed E-state index contributed by atoms with van der Waals surface area (Å²) in [4.78, 5) is 11.6. The van der Waals surface area contributed by atoms with Crippen molar-refractivity contribution in [2.45, 2.75) is 26.4 Å². The van der Waals surface area contributed by atoms with Crippen LogP contribution >= 0.6 is 31.9 Å². The molecule has 0 radical (unpaired) electrons. The average molecular weight is 400 g/mol. The van der Waals surface area contributed by atoms with Crippen LogP contribution in [0.2, 0.25) is 0 Å². The molecule has 3 nitrogen and oxygen atoms in total. The van der Waals surface area contributed by atoms with Gasteiger partial charge in [0, 0.05) is 33.8 Å². The van der Waals surface area contributed by atoms with Gasteiger partial charge in [0.1, 0.15) is 0 Å². The van der Waals surface area contributed by atoms with Gasteiger partial charge in [-0.25, -0.2) is 0 Å². The highest BCUT2D eigenvalue weighted by molar-refractivity contribution is 9.11. The second-order valence-corrected chi connectivity index (χ2v) is 6.34. The van der Waals surface area contributed by atoms with Gasteiger partial charge in [0.2, 0.25) is 0 Å². The maximum Gasteiger partial charge on any atom is 0.250 e. The molecule has 0 bridgehead atoms. The number of rotatable bonds is 4. The van der Waals surface area contributed by atoms with Crippen LogP contribution in [0.1, 0.15) is 25.5 Å². The van der Waals surface area contributed by atoms with Gasteiger partial charge in [0.25, 0.3) is 5.56 Å². The molecule has 106 valence electrons. The van der Waals surface area contributed by atoms with Crippen molar-refractivity contribution >= 4 is 37.5 Å². The van der Waals surface area contributed by atoms with Crippen molar-refractivity contribution in [2.75, 3.05) is 5.32 Å². The first kappa shape index (κ1) is 15.3. The zero-order chi connectivity index (χ0) is 14.7. The molecule has 5 heteroatoms. The first-order valence-corrected chi connectivity index (χ1v) is 8.02. The summed E-state index contributed by atoms with van der Waals surface area (Å²) < 4.78 is 3.78. The van der Waals surface area contributed by atoms with E-state index in [1.54, 1.807) is 10.6 Å². The molecule has 1 heterocycles. The van der Waals surface area contributed by atoms with Gasteiger partial charge in [0.15, 0.2) is 0 Å². The van der Waals surface area contributed by atoms with E-state index in [0.29, 0.717) is 6.54 Å². The lowest BCUT2D eigenvalue weighted by Crippen LogP contribution is -2.18. The van der Waals surface area contributed by atoms with Gasteiger partial charge >= 0.3 is 0 Å². The van der Waals surface area contributed by atoms with Crippen molar-refractivity contribution in [1.29, 1.82) is 0 Å². The predicted octanol–water partition coefficient (Wildman–Crippen LogP) is 4.57. The second kappa shape index (κ2) is 6.59. The zero-order valence-electron chi connectivity index (χ0n) is 11.4. The highest BCUT2D eigenvalue weighted by Crippen LogP contribution is 2.28. The molecule has 20 heavy (non-hydrogen) atoms. The molecule has 0 aliphatic carbocycles. The van der Waals surface area contributed by atoms with Crippen LogP contribution in [0.3, 0.4) is 0 Å². The molecule has 0 spiro atoms. The van der Waals surface area contributed by atoms with Crippen LogP contribution in [0, 0.1) is 0 Å². The monoisotopic (exact) mass is 398 g/mol. The van der Waals surface area contributed by atoms with Crippen molar-refractivity contribution in [2.24, 2.45) is 0 Å². The van der Waals surface area contributed by atoms with E-state index in [2.05, 4.69) is 50.2 Å². The van der Waals surface area contributed by atoms with Gasteiger partial charge in [-0.2, -0.15) is 0 Å². The number of benzene rings is 1. The molecular formula is C15H16Br2N2O. The summed E-state index contributed by atoms with van der Waals surface area (Å²) in [6.07, 6.45) is 1.85. The van der Waals surface area contributed by atoms with Gasteiger partial charge < -0.3 is 9.88 Å². The van der Waals surface area contributed by atoms with Crippen molar-refractivity contribution in [3.05, 3.63) is 61.4 Å². The average Bonchev–Trinajstić information content (AvgIpc) is 2.40. The zero-order valence-corrected chi connectivity index (χ0v) is 14.5. The van der Waals surface area contributed by atoms with Gasteiger partial charge in [0.05, 0.1) is 5.69 Å². The molecule has 1 unspecified atom stereocenters. The Morgan fingerprint density at radius 3 is 2.65 bits per heavy atom. The quantitative estimate of drug-likeness (QED) is 0.817. The smallest absolute Gasteiger partial charge is 0.250 e. The van der Waals surface area contributed by atoms with Crippen molar-refractivity contribution in [1.82, 2.24) is 4.57 Å². The molecule has 0 aliphatic rings. The third kappa shape index (κ3) is 3.52. The molecule has 0 amide bonds. The summed E-state index contributed by atoms with van der Waals surface area (Å²) in [5.74, 6) is 0. The predicted molar refractivity (Wildman–Crippen MR) is 90.3 cm³/mol. The van der Waals surface area contributed by atoms with Crippen LogP contribution in [0.4, 0.5) is 5.69 Å². The van der Waals surface area contributed by atoms with Gasteiger partial charge in [-0.15, -0.1) is 0 Å². The number of pyridine rings is 1. The minimum atomic E-state index is 0.0236. The lowest BCUT2D eigenvalue weighted by atomic mass is 10.1. The van der Waals surface area contributed by atoms with E-state index >= 15 is 0 Å². The second-order valence-electron chi connectivity index (χ2n) is 4.57. The number of hydrogen-bond acceptors (Lipinski definition) is 2. The maximum absolute atomic E-state index is 11.6. The van der Waals surface area contributed by atoms with Crippen LogP contribution in [-0.2, 0) is 6.54 Å². The van der Waals surface area contributed by atoms with Crippen molar-refractivity contribution < 1.29 is 0 Å². The lowest BCUT2D eigenvalue weighted by Gasteiger charge is -2.18. The van der Waals surface area contributed by atoms with E-state index in [1.807, 2.05) is 31.3 Å². The van der Waals surface area contributed by atoms with E-state index in [-0.39, 0.29) is 11.6 Å². The molecular weight excluding hydrogens is 384 g/mol. The molecule has 0 aliphatic heterocycles. The third-order valence-electron chi connectivity index (χ3n) is 3.14. The minimum absolute atomic E-state index is 0.0236. The molecule has 1 atom stereocenters. The Kier molecular flexibility index (Phi) is 5.05. The summed E-state index contributed by atoms with van der Waals surface area (Å²) >= 11 is 7.03. The van der Waals surface area contributed by atoms with Crippen LogP contribution in [0.5, 0.6) is 0 Å². The fourth-order valence-electron chi connectivity index (χ4n) is 2.04. The van der Waals surface area contributed by atoms with Crippen LogP contribution in [-0.4, -0.2) is 4.57 Å². The first-order valence-electron chi connectivity index (χ1n) is 6.43. The molecule has 2 rings (SSSR count). The molecule has 2 aromatic rings. The number of halogens is 2. The number of anilines is 1. The highest BCUT2D eigenvalue weighted by atomic mass is 79.9. The van der Waals surface area contributed by atoms with E-state index in [4.69, 9.17) is 0 Å². The van der Waals surface area contributed by atoms with E-state index < -0.39 is 0 Å². The molecule has 1 aromatic heterocycles. The van der Waals surface area contributed by atoms with Gasteiger partial charge in [-0.05, 0) is 37.6 Å². The van der Waals surface area contributed by atoms with Crippen LogP contribution in [0.15, 0.2) is 50.3 Å². The fourth-order valence-corrected chi connectivity index (χ4v) is 3.43. The largest absolute Gasteiger partial charge is 0.377 e. The van der Waals surface area contributed by atoms with Crippen LogP contribution in [0.25, 0.3) is 0 Å². The number of hydrogen-bond donors (Lipinski definition) is 1.